The molecule has 0 aliphatic heterocycles. The molecular weight excluding hydrogens is 224 g/mol. The van der Waals surface area contributed by atoms with Crippen molar-refractivity contribution < 1.29 is 4.43 Å². The van der Waals surface area contributed by atoms with E-state index in [4.69, 9.17) is 4.43 Å². The van der Waals surface area contributed by atoms with Crippen LogP contribution in [0.4, 0.5) is 0 Å². The highest BCUT2D eigenvalue weighted by Gasteiger charge is 2.27. The number of rotatable bonds is 4. The molecule has 2 heteroatoms. The highest BCUT2D eigenvalue weighted by Crippen LogP contribution is 2.33. The monoisotopic (exact) mass is 244 g/mol. The van der Waals surface area contributed by atoms with Crippen LogP contribution in [0.25, 0.3) is 0 Å². The van der Waals surface area contributed by atoms with Crippen LogP contribution >= 0.6 is 0 Å². The molecule has 0 heterocycles. The Labute approximate surface area is 105 Å². The zero-order valence-corrected chi connectivity index (χ0v) is 11.8. The van der Waals surface area contributed by atoms with Crippen molar-refractivity contribution in [2.45, 2.75) is 25.7 Å². The molecule has 0 spiro atoms. The highest BCUT2D eigenvalue weighted by atomic mass is 28.4. The standard InChI is InChI=1S/C15H20OSi/c1-17(2,3)16-15(14-11-7-8-12-14)13-9-5-4-6-10-13/h4-12,14-15H,1-3H3/t15-/m0/s1. The van der Waals surface area contributed by atoms with Crippen molar-refractivity contribution in [3.63, 3.8) is 0 Å². The summed E-state index contributed by atoms with van der Waals surface area (Å²) in [5.74, 6) is 0.379. The molecule has 1 aromatic rings. The molecule has 0 amide bonds. The average molecular weight is 244 g/mol. The Morgan fingerprint density at radius 1 is 1.00 bits per heavy atom. The molecule has 0 saturated heterocycles. The lowest BCUT2D eigenvalue weighted by molar-refractivity contribution is 0.172. The summed E-state index contributed by atoms with van der Waals surface area (Å²) in [4.78, 5) is 0. The predicted octanol–water partition coefficient (Wildman–Crippen LogP) is 4.32. The largest absolute Gasteiger partial charge is 0.410 e. The molecular formula is C15H20OSi. The first-order chi connectivity index (χ1) is 8.06. The number of allylic oxidation sites excluding steroid dienone is 2. The van der Waals surface area contributed by atoms with Crippen LogP contribution in [-0.2, 0) is 4.43 Å². The number of benzene rings is 1. The van der Waals surface area contributed by atoms with E-state index < -0.39 is 8.32 Å². The van der Waals surface area contributed by atoms with E-state index in [2.05, 4.69) is 74.3 Å². The molecule has 0 fully saturated rings. The maximum absolute atomic E-state index is 6.34. The van der Waals surface area contributed by atoms with E-state index in [0.29, 0.717) is 5.92 Å². The zero-order chi connectivity index (χ0) is 12.3. The Hall–Kier alpha value is -1.12. The molecule has 0 aromatic heterocycles. The van der Waals surface area contributed by atoms with Gasteiger partial charge in [-0.3, -0.25) is 0 Å². The third-order valence-corrected chi connectivity index (χ3v) is 3.70. The minimum Gasteiger partial charge on any atom is -0.410 e. The summed E-state index contributed by atoms with van der Waals surface area (Å²) >= 11 is 0. The molecule has 0 N–H and O–H groups in total. The maximum Gasteiger partial charge on any atom is 0.184 e. The normalized spacial score (nSPS) is 17.6. The first-order valence-corrected chi connectivity index (χ1v) is 9.55. The van der Waals surface area contributed by atoms with Crippen LogP contribution in [0.1, 0.15) is 11.7 Å². The topological polar surface area (TPSA) is 9.23 Å². The van der Waals surface area contributed by atoms with E-state index in [1.807, 2.05) is 0 Å². The van der Waals surface area contributed by atoms with Gasteiger partial charge in [-0.1, -0.05) is 54.6 Å². The summed E-state index contributed by atoms with van der Waals surface area (Å²) in [5, 5.41) is 0. The molecule has 1 aliphatic rings. The summed E-state index contributed by atoms with van der Waals surface area (Å²) in [5.41, 5.74) is 1.27. The second-order valence-corrected chi connectivity index (χ2v) is 9.87. The Bertz CT molecular complexity index is 402. The van der Waals surface area contributed by atoms with Crippen molar-refractivity contribution >= 4 is 8.32 Å². The van der Waals surface area contributed by atoms with Gasteiger partial charge in [-0.2, -0.15) is 0 Å². The molecule has 0 radical (unpaired) electrons. The van der Waals surface area contributed by atoms with Gasteiger partial charge in [0.05, 0.1) is 6.10 Å². The van der Waals surface area contributed by atoms with E-state index in [-0.39, 0.29) is 6.10 Å². The van der Waals surface area contributed by atoms with Crippen LogP contribution in [-0.4, -0.2) is 8.32 Å². The van der Waals surface area contributed by atoms with Gasteiger partial charge >= 0.3 is 0 Å². The van der Waals surface area contributed by atoms with Crippen LogP contribution in [0.15, 0.2) is 54.6 Å². The minimum atomic E-state index is -1.54. The van der Waals surface area contributed by atoms with Gasteiger partial charge in [-0.15, -0.1) is 0 Å². The van der Waals surface area contributed by atoms with Crippen LogP contribution in [0.5, 0.6) is 0 Å². The lowest BCUT2D eigenvalue weighted by Crippen LogP contribution is -2.30. The summed E-state index contributed by atoms with van der Waals surface area (Å²) in [7, 11) is -1.54. The lowest BCUT2D eigenvalue weighted by Gasteiger charge is -2.29. The van der Waals surface area contributed by atoms with Crippen LogP contribution < -0.4 is 0 Å². The fourth-order valence-electron chi connectivity index (χ4n) is 2.04. The Kier molecular flexibility index (Phi) is 3.65. The van der Waals surface area contributed by atoms with Gasteiger partial charge in [0.2, 0.25) is 0 Å². The molecule has 2 rings (SSSR count). The summed E-state index contributed by atoms with van der Waals surface area (Å²) in [6.07, 6.45) is 8.82. The van der Waals surface area contributed by atoms with Gasteiger partial charge in [0.15, 0.2) is 8.32 Å². The van der Waals surface area contributed by atoms with E-state index in [1.165, 1.54) is 5.56 Å². The van der Waals surface area contributed by atoms with Crippen molar-refractivity contribution in [3.8, 4) is 0 Å². The second-order valence-electron chi connectivity index (χ2n) is 5.41. The van der Waals surface area contributed by atoms with Gasteiger partial charge in [-0.25, -0.2) is 0 Å². The molecule has 1 atom stereocenters. The van der Waals surface area contributed by atoms with Gasteiger partial charge in [0.25, 0.3) is 0 Å². The van der Waals surface area contributed by atoms with Crippen LogP contribution in [0.2, 0.25) is 19.6 Å². The van der Waals surface area contributed by atoms with Crippen LogP contribution in [0, 0.1) is 5.92 Å². The Morgan fingerprint density at radius 3 is 2.12 bits per heavy atom. The molecule has 0 bridgehead atoms. The predicted molar refractivity (Wildman–Crippen MR) is 75.4 cm³/mol. The molecule has 1 aromatic carbocycles. The first kappa shape index (κ1) is 12.3. The maximum atomic E-state index is 6.34. The van der Waals surface area contributed by atoms with E-state index in [1.54, 1.807) is 0 Å². The van der Waals surface area contributed by atoms with Gasteiger partial charge in [0.1, 0.15) is 0 Å². The Morgan fingerprint density at radius 2 is 1.59 bits per heavy atom. The van der Waals surface area contributed by atoms with E-state index in [0.717, 1.165) is 0 Å². The quantitative estimate of drug-likeness (QED) is 0.717. The van der Waals surface area contributed by atoms with Crippen molar-refractivity contribution in [1.82, 2.24) is 0 Å². The van der Waals surface area contributed by atoms with Crippen molar-refractivity contribution in [1.29, 1.82) is 0 Å². The van der Waals surface area contributed by atoms with E-state index >= 15 is 0 Å². The second kappa shape index (κ2) is 5.03. The molecule has 17 heavy (non-hydrogen) atoms. The molecule has 1 nitrogen and oxygen atoms in total. The van der Waals surface area contributed by atoms with E-state index in [9.17, 15) is 0 Å². The SMILES string of the molecule is C[Si](C)(C)O[C@@H](c1ccccc1)C1C=CC=C1. The van der Waals surface area contributed by atoms with Gasteiger partial charge < -0.3 is 4.43 Å². The molecule has 1 aliphatic carbocycles. The van der Waals surface area contributed by atoms with Crippen LogP contribution in [0.3, 0.4) is 0 Å². The molecule has 0 unspecified atom stereocenters. The lowest BCUT2D eigenvalue weighted by atomic mass is 9.97. The highest BCUT2D eigenvalue weighted by molar-refractivity contribution is 6.69. The molecule has 90 valence electrons. The third-order valence-electron chi connectivity index (χ3n) is 2.74. The van der Waals surface area contributed by atoms with Crippen molar-refractivity contribution in [2.24, 2.45) is 5.92 Å². The Balaban J connectivity index is 2.24. The summed E-state index contributed by atoms with van der Waals surface area (Å²) < 4.78 is 6.34. The average Bonchev–Trinajstić information content (AvgIpc) is 2.79. The fourth-order valence-corrected chi connectivity index (χ4v) is 3.10. The number of hydrogen-bond donors (Lipinski definition) is 0. The zero-order valence-electron chi connectivity index (χ0n) is 10.8. The van der Waals surface area contributed by atoms with Crippen molar-refractivity contribution in [3.05, 3.63) is 60.2 Å². The summed E-state index contributed by atoms with van der Waals surface area (Å²) in [6, 6.07) is 10.5. The fraction of sp³-hybridized carbons (Fsp3) is 0.333. The smallest absolute Gasteiger partial charge is 0.184 e. The molecule has 0 saturated carbocycles. The van der Waals surface area contributed by atoms with Gasteiger partial charge in [-0.05, 0) is 25.2 Å². The minimum absolute atomic E-state index is 0.165. The third kappa shape index (κ3) is 3.41. The number of hydrogen-bond acceptors (Lipinski definition) is 1. The van der Waals surface area contributed by atoms with Crippen molar-refractivity contribution in [2.75, 3.05) is 0 Å². The van der Waals surface area contributed by atoms with Gasteiger partial charge in [0, 0.05) is 5.92 Å². The summed E-state index contributed by atoms with van der Waals surface area (Å²) in [6.45, 7) is 6.72. The first-order valence-electron chi connectivity index (χ1n) is 6.14.